The summed E-state index contributed by atoms with van der Waals surface area (Å²) in [4.78, 5) is 24.7. The standard InChI is InChI=1S/C11H9FN4O5/c12-7-4-9(16(19)20)8(3-6(7)11(17)18)13-2-1-10-14-5-15-21-10/h3-5,13H,1-2H2,(H,17,18). The average Bonchev–Trinajstić information content (AvgIpc) is 2.92. The predicted octanol–water partition coefficient (Wildman–Crippen LogP) is 1.47. The zero-order valence-corrected chi connectivity index (χ0v) is 10.4. The number of nitro benzene ring substituents is 1. The summed E-state index contributed by atoms with van der Waals surface area (Å²) >= 11 is 0. The number of carboxylic acid groups (broad SMARTS) is 1. The fourth-order valence-electron chi connectivity index (χ4n) is 1.63. The monoisotopic (exact) mass is 296 g/mol. The van der Waals surface area contributed by atoms with Gasteiger partial charge in [-0.2, -0.15) is 4.98 Å². The summed E-state index contributed by atoms with van der Waals surface area (Å²) < 4.78 is 18.2. The molecule has 1 heterocycles. The van der Waals surface area contributed by atoms with E-state index in [2.05, 4.69) is 15.5 Å². The van der Waals surface area contributed by atoms with E-state index in [-0.39, 0.29) is 18.7 Å². The Bertz CT molecular complexity index is 674. The number of nitrogens with one attached hydrogen (secondary N) is 1. The van der Waals surface area contributed by atoms with Crippen molar-refractivity contribution < 1.29 is 23.7 Å². The quantitative estimate of drug-likeness (QED) is 0.605. The van der Waals surface area contributed by atoms with E-state index in [0.29, 0.717) is 12.0 Å². The van der Waals surface area contributed by atoms with Gasteiger partial charge in [0.2, 0.25) is 5.89 Å². The Kier molecular flexibility index (Phi) is 4.07. The molecule has 2 aromatic rings. The maximum Gasteiger partial charge on any atom is 0.338 e. The molecule has 110 valence electrons. The maximum atomic E-state index is 13.4. The smallest absolute Gasteiger partial charge is 0.338 e. The van der Waals surface area contributed by atoms with Crippen molar-refractivity contribution in [3.05, 3.63) is 45.8 Å². The van der Waals surface area contributed by atoms with Gasteiger partial charge in [0, 0.05) is 13.0 Å². The third-order valence-corrected chi connectivity index (χ3v) is 2.57. The number of anilines is 1. The van der Waals surface area contributed by atoms with E-state index in [1.165, 1.54) is 6.33 Å². The van der Waals surface area contributed by atoms with E-state index in [1.807, 2.05) is 0 Å². The fourth-order valence-corrected chi connectivity index (χ4v) is 1.63. The highest BCUT2D eigenvalue weighted by Gasteiger charge is 2.21. The number of aromatic carboxylic acids is 1. The lowest BCUT2D eigenvalue weighted by atomic mass is 10.1. The van der Waals surface area contributed by atoms with Gasteiger partial charge in [-0.25, -0.2) is 9.18 Å². The SMILES string of the molecule is O=C(O)c1cc(NCCc2ncno2)c([N+](=O)[O-])cc1F. The molecule has 0 bridgehead atoms. The van der Waals surface area contributed by atoms with Crippen LogP contribution in [0.4, 0.5) is 15.8 Å². The minimum atomic E-state index is -1.51. The normalized spacial score (nSPS) is 10.3. The van der Waals surface area contributed by atoms with E-state index < -0.39 is 28.0 Å². The first kappa shape index (κ1) is 14.4. The van der Waals surface area contributed by atoms with Gasteiger partial charge in [0.1, 0.15) is 11.5 Å². The molecule has 0 aliphatic heterocycles. The Morgan fingerprint density at radius 2 is 2.29 bits per heavy atom. The molecule has 0 aliphatic rings. The van der Waals surface area contributed by atoms with Gasteiger partial charge in [0.05, 0.1) is 16.6 Å². The number of hydrogen-bond donors (Lipinski definition) is 2. The number of carboxylic acids is 1. The van der Waals surface area contributed by atoms with E-state index in [0.717, 1.165) is 6.07 Å². The molecule has 0 saturated carbocycles. The summed E-state index contributed by atoms with van der Waals surface area (Å²) in [6.45, 7) is 0.174. The van der Waals surface area contributed by atoms with Crippen LogP contribution < -0.4 is 5.32 Å². The average molecular weight is 296 g/mol. The van der Waals surface area contributed by atoms with Crippen LogP contribution in [-0.4, -0.2) is 32.7 Å². The van der Waals surface area contributed by atoms with Crippen molar-refractivity contribution in [2.45, 2.75) is 6.42 Å². The molecule has 10 heteroatoms. The molecule has 2 N–H and O–H groups in total. The number of rotatable bonds is 6. The zero-order valence-electron chi connectivity index (χ0n) is 10.4. The summed E-state index contributed by atoms with van der Waals surface area (Å²) in [7, 11) is 0. The first-order valence-corrected chi connectivity index (χ1v) is 5.69. The lowest BCUT2D eigenvalue weighted by molar-refractivity contribution is -0.384. The van der Waals surface area contributed by atoms with Crippen LogP contribution in [0.5, 0.6) is 0 Å². The highest BCUT2D eigenvalue weighted by atomic mass is 19.1. The molecule has 9 nitrogen and oxygen atoms in total. The summed E-state index contributed by atoms with van der Waals surface area (Å²) in [5, 5.41) is 25.7. The Hall–Kier alpha value is -3.04. The number of aromatic nitrogens is 2. The van der Waals surface area contributed by atoms with Crippen LogP contribution in [0.25, 0.3) is 0 Å². The number of halogens is 1. The first-order chi connectivity index (χ1) is 9.99. The van der Waals surface area contributed by atoms with Crippen molar-refractivity contribution in [2.75, 3.05) is 11.9 Å². The van der Waals surface area contributed by atoms with Gasteiger partial charge < -0.3 is 14.9 Å². The van der Waals surface area contributed by atoms with E-state index >= 15 is 0 Å². The van der Waals surface area contributed by atoms with Crippen molar-refractivity contribution in [3.63, 3.8) is 0 Å². The van der Waals surface area contributed by atoms with Crippen molar-refractivity contribution in [1.82, 2.24) is 10.1 Å². The van der Waals surface area contributed by atoms with Crippen LogP contribution in [0.15, 0.2) is 23.0 Å². The van der Waals surface area contributed by atoms with Crippen LogP contribution in [0.1, 0.15) is 16.2 Å². The molecule has 0 spiro atoms. The largest absolute Gasteiger partial charge is 0.478 e. The molecule has 0 atom stereocenters. The second-order valence-electron chi connectivity index (χ2n) is 3.92. The van der Waals surface area contributed by atoms with Gasteiger partial charge in [-0.05, 0) is 6.07 Å². The molecule has 21 heavy (non-hydrogen) atoms. The third kappa shape index (κ3) is 3.29. The number of benzene rings is 1. The summed E-state index contributed by atoms with van der Waals surface area (Å²) in [6, 6.07) is 1.45. The lowest BCUT2D eigenvalue weighted by Crippen LogP contribution is -2.10. The molecule has 0 unspecified atom stereocenters. The van der Waals surface area contributed by atoms with E-state index in [4.69, 9.17) is 9.63 Å². The van der Waals surface area contributed by atoms with Crippen LogP contribution in [-0.2, 0) is 6.42 Å². The highest BCUT2D eigenvalue weighted by Crippen LogP contribution is 2.27. The van der Waals surface area contributed by atoms with Gasteiger partial charge in [-0.3, -0.25) is 10.1 Å². The second-order valence-corrected chi connectivity index (χ2v) is 3.92. The fraction of sp³-hybridized carbons (Fsp3) is 0.182. The molecular weight excluding hydrogens is 287 g/mol. The second kappa shape index (κ2) is 5.94. The third-order valence-electron chi connectivity index (χ3n) is 2.57. The number of hydrogen-bond acceptors (Lipinski definition) is 7. The topological polar surface area (TPSA) is 131 Å². The Morgan fingerprint density at radius 3 is 2.86 bits per heavy atom. The predicted molar refractivity (Wildman–Crippen MR) is 66.5 cm³/mol. The molecule has 1 aromatic carbocycles. The van der Waals surface area contributed by atoms with Gasteiger partial charge in [-0.1, -0.05) is 5.16 Å². The van der Waals surface area contributed by atoms with Gasteiger partial charge in [-0.15, -0.1) is 0 Å². The molecular formula is C11H9FN4O5. The van der Waals surface area contributed by atoms with Gasteiger partial charge in [0.25, 0.3) is 5.69 Å². The van der Waals surface area contributed by atoms with Crippen molar-refractivity contribution >= 4 is 17.3 Å². The molecule has 0 saturated heterocycles. The highest BCUT2D eigenvalue weighted by molar-refractivity contribution is 5.90. The first-order valence-electron chi connectivity index (χ1n) is 5.69. The number of carbonyl (C=O) groups is 1. The maximum absolute atomic E-state index is 13.4. The molecule has 0 aliphatic carbocycles. The van der Waals surface area contributed by atoms with E-state index in [9.17, 15) is 19.3 Å². The van der Waals surface area contributed by atoms with Crippen molar-refractivity contribution in [3.8, 4) is 0 Å². The summed E-state index contributed by atoms with van der Waals surface area (Å²) in [5.74, 6) is -2.37. The molecule has 0 radical (unpaired) electrons. The van der Waals surface area contributed by atoms with Gasteiger partial charge >= 0.3 is 5.97 Å². The zero-order chi connectivity index (χ0) is 15.4. The Labute approximate surface area is 116 Å². The van der Waals surface area contributed by atoms with E-state index in [1.54, 1.807) is 0 Å². The molecule has 1 aromatic heterocycles. The minimum Gasteiger partial charge on any atom is -0.478 e. The summed E-state index contributed by atoms with van der Waals surface area (Å²) in [6.07, 6.45) is 1.48. The van der Waals surface area contributed by atoms with Crippen LogP contribution >= 0.6 is 0 Å². The molecule has 0 amide bonds. The number of nitrogens with zero attached hydrogens (tertiary/aromatic N) is 3. The van der Waals surface area contributed by atoms with Crippen LogP contribution in [0.3, 0.4) is 0 Å². The molecule has 0 fully saturated rings. The van der Waals surface area contributed by atoms with Crippen LogP contribution in [0, 0.1) is 15.9 Å². The van der Waals surface area contributed by atoms with Crippen molar-refractivity contribution in [2.24, 2.45) is 0 Å². The molecule has 2 rings (SSSR count). The Morgan fingerprint density at radius 1 is 1.52 bits per heavy atom. The summed E-state index contributed by atoms with van der Waals surface area (Å²) in [5.41, 5.74) is -1.30. The minimum absolute atomic E-state index is 0.0988. The van der Waals surface area contributed by atoms with Crippen molar-refractivity contribution in [1.29, 1.82) is 0 Å². The Balaban J connectivity index is 2.21. The van der Waals surface area contributed by atoms with Gasteiger partial charge in [0.15, 0.2) is 6.33 Å². The number of nitro groups is 1. The lowest BCUT2D eigenvalue weighted by Gasteiger charge is -2.07. The van der Waals surface area contributed by atoms with Crippen LogP contribution in [0.2, 0.25) is 0 Å².